The van der Waals surface area contributed by atoms with E-state index in [-0.39, 0.29) is 5.91 Å². The molecule has 9 nitrogen and oxygen atoms in total. The van der Waals surface area contributed by atoms with Crippen molar-refractivity contribution in [1.82, 2.24) is 24.8 Å². The number of benzene rings is 1. The van der Waals surface area contributed by atoms with Gasteiger partial charge in [-0.25, -0.2) is 9.97 Å². The zero-order chi connectivity index (χ0) is 26.3. The molecule has 0 radical (unpaired) electrons. The van der Waals surface area contributed by atoms with Gasteiger partial charge < -0.3 is 20.4 Å². The van der Waals surface area contributed by atoms with Gasteiger partial charge in [0.05, 0.1) is 5.69 Å². The molecule has 38 heavy (non-hydrogen) atoms. The molecule has 0 atom stereocenters. The van der Waals surface area contributed by atoms with Crippen LogP contribution in [0.15, 0.2) is 73.2 Å². The summed E-state index contributed by atoms with van der Waals surface area (Å²) < 4.78 is 0. The summed E-state index contributed by atoms with van der Waals surface area (Å²) in [5, 5.41) is 7.05. The monoisotopic (exact) mass is 508 g/mol. The Kier molecular flexibility index (Phi) is 7.84. The Morgan fingerprint density at radius 2 is 1.76 bits per heavy atom. The van der Waals surface area contributed by atoms with E-state index >= 15 is 0 Å². The van der Waals surface area contributed by atoms with E-state index in [4.69, 9.17) is 4.98 Å². The second-order valence-electron chi connectivity index (χ2n) is 9.59. The second kappa shape index (κ2) is 11.8. The fourth-order valence-corrected chi connectivity index (χ4v) is 4.43. The van der Waals surface area contributed by atoms with Crippen LogP contribution in [0, 0.1) is 0 Å². The van der Waals surface area contributed by atoms with Crippen LogP contribution >= 0.6 is 0 Å². The summed E-state index contributed by atoms with van der Waals surface area (Å²) in [6.45, 7) is 2.92. The molecule has 0 unspecified atom stereocenters. The van der Waals surface area contributed by atoms with Crippen LogP contribution < -0.4 is 15.5 Å². The lowest BCUT2D eigenvalue weighted by Gasteiger charge is -2.28. The van der Waals surface area contributed by atoms with Crippen molar-refractivity contribution < 1.29 is 4.79 Å². The van der Waals surface area contributed by atoms with E-state index < -0.39 is 0 Å². The van der Waals surface area contributed by atoms with Crippen molar-refractivity contribution in [3.05, 3.63) is 73.2 Å². The number of fused-ring (bicyclic) bond motifs is 1. The first-order valence-corrected chi connectivity index (χ1v) is 12.9. The highest BCUT2D eigenvalue weighted by Crippen LogP contribution is 2.27. The molecule has 1 saturated heterocycles. The van der Waals surface area contributed by atoms with Crippen molar-refractivity contribution >= 4 is 39.8 Å². The normalized spacial score (nSPS) is 13.8. The van der Waals surface area contributed by atoms with Gasteiger partial charge in [0.2, 0.25) is 11.9 Å². The fraction of sp³-hybridized carbons (Fsp3) is 0.276. The average molecular weight is 509 g/mol. The van der Waals surface area contributed by atoms with Crippen molar-refractivity contribution in [2.75, 3.05) is 49.3 Å². The first-order valence-electron chi connectivity index (χ1n) is 12.9. The quantitative estimate of drug-likeness (QED) is 0.325. The van der Waals surface area contributed by atoms with Crippen LogP contribution in [0.5, 0.6) is 0 Å². The number of hydrogen-bond acceptors (Lipinski definition) is 8. The largest absolute Gasteiger partial charge is 0.372 e. The molecule has 1 amide bonds. The highest BCUT2D eigenvalue weighted by molar-refractivity contribution is 6.00. The molecule has 4 heterocycles. The molecule has 4 aromatic rings. The van der Waals surface area contributed by atoms with Gasteiger partial charge >= 0.3 is 0 Å². The highest BCUT2D eigenvalue weighted by Gasteiger charge is 2.13. The van der Waals surface area contributed by atoms with E-state index in [0.717, 1.165) is 24.2 Å². The van der Waals surface area contributed by atoms with E-state index in [0.29, 0.717) is 35.1 Å². The lowest BCUT2D eigenvalue weighted by Crippen LogP contribution is -2.29. The number of pyridine rings is 2. The van der Waals surface area contributed by atoms with Crippen LogP contribution in [0.2, 0.25) is 0 Å². The molecule has 194 valence electrons. The SMILES string of the molecule is CN(C)CC=CC(=O)Nc1ccnc(-c2nccc3cnc(Nc4ccc(N5CCCCC5)cc4)nc23)c1. The van der Waals surface area contributed by atoms with E-state index in [1.54, 1.807) is 30.7 Å². The molecular weight excluding hydrogens is 476 g/mol. The minimum absolute atomic E-state index is 0.199. The Labute approximate surface area is 222 Å². The van der Waals surface area contributed by atoms with Gasteiger partial charge in [0.1, 0.15) is 11.2 Å². The van der Waals surface area contributed by atoms with Crippen molar-refractivity contribution in [2.45, 2.75) is 19.3 Å². The Bertz CT molecular complexity index is 1430. The standard InChI is InChI=1S/C29H32N8O/c1-36(2)16-6-7-26(38)33-23-13-15-30-25(19-23)28-27-21(12-14-31-28)20-32-29(35-27)34-22-8-10-24(11-9-22)37-17-4-3-5-18-37/h6-15,19-20H,3-5,16-18H2,1-2H3,(H,30,33,38)(H,32,34,35). The first kappa shape index (κ1) is 25.3. The maximum Gasteiger partial charge on any atom is 0.248 e. The Balaban J connectivity index is 1.35. The zero-order valence-electron chi connectivity index (χ0n) is 21.8. The Morgan fingerprint density at radius 1 is 0.974 bits per heavy atom. The third-order valence-electron chi connectivity index (χ3n) is 6.35. The lowest BCUT2D eigenvalue weighted by molar-refractivity contribution is -0.111. The van der Waals surface area contributed by atoms with Gasteiger partial charge in [-0.15, -0.1) is 0 Å². The molecular formula is C29H32N8O. The number of aromatic nitrogens is 4. The lowest BCUT2D eigenvalue weighted by atomic mass is 10.1. The second-order valence-corrected chi connectivity index (χ2v) is 9.59. The molecule has 1 aromatic carbocycles. The van der Waals surface area contributed by atoms with Crippen molar-refractivity contribution in [3.8, 4) is 11.4 Å². The molecule has 5 rings (SSSR count). The number of hydrogen-bond donors (Lipinski definition) is 2. The zero-order valence-corrected chi connectivity index (χ0v) is 21.8. The number of rotatable bonds is 8. The van der Waals surface area contributed by atoms with Gasteiger partial charge in [0.25, 0.3) is 0 Å². The van der Waals surface area contributed by atoms with Crippen LogP contribution in [0.25, 0.3) is 22.3 Å². The Hall–Kier alpha value is -4.37. The van der Waals surface area contributed by atoms with Crippen molar-refractivity contribution in [2.24, 2.45) is 0 Å². The number of anilines is 4. The number of amides is 1. The van der Waals surface area contributed by atoms with Gasteiger partial charge in [-0.05, 0) is 75.8 Å². The van der Waals surface area contributed by atoms with Gasteiger partial charge in [0, 0.05) is 66.7 Å². The molecule has 0 bridgehead atoms. The molecule has 0 spiro atoms. The summed E-state index contributed by atoms with van der Waals surface area (Å²) in [5.74, 6) is 0.281. The summed E-state index contributed by atoms with van der Waals surface area (Å²) in [5.41, 5.74) is 4.70. The summed E-state index contributed by atoms with van der Waals surface area (Å²) in [7, 11) is 3.90. The summed E-state index contributed by atoms with van der Waals surface area (Å²) in [4.78, 5) is 35.0. The minimum Gasteiger partial charge on any atom is -0.372 e. The van der Waals surface area contributed by atoms with Gasteiger partial charge in [-0.3, -0.25) is 14.8 Å². The smallest absolute Gasteiger partial charge is 0.248 e. The summed E-state index contributed by atoms with van der Waals surface area (Å²) in [6, 6.07) is 13.8. The van der Waals surface area contributed by atoms with Gasteiger partial charge in [-0.1, -0.05) is 6.08 Å². The van der Waals surface area contributed by atoms with Crippen molar-refractivity contribution in [3.63, 3.8) is 0 Å². The van der Waals surface area contributed by atoms with E-state index in [2.05, 4.69) is 54.8 Å². The van der Waals surface area contributed by atoms with Crippen LogP contribution in [0.3, 0.4) is 0 Å². The number of piperidine rings is 1. The van der Waals surface area contributed by atoms with E-state index in [9.17, 15) is 4.79 Å². The van der Waals surface area contributed by atoms with Gasteiger partial charge in [-0.2, -0.15) is 0 Å². The van der Waals surface area contributed by atoms with E-state index in [1.165, 1.54) is 31.0 Å². The molecule has 0 saturated carbocycles. The number of nitrogens with one attached hydrogen (secondary N) is 2. The van der Waals surface area contributed by atoms with E-state index in [1.807, 2.05) is 31.1 Å². The molecule has 0 aliphatic carbocycles. The summed E-state index contributed by atoms with van der Waals surface area (Å²) in [6.07, 6.45) is 12.3. The van der Waals surface area contributed by atoms with Crippen LogP contribution in [0.4, 0.5) is 23.0 Å². The predicted octanol–water partition coefficient (Wildman–Crippen LogP) is 4.88. The number of carbonyl (C=O) groups excluding carboxylic acids is 1. The van der Waals surface area contributed by atoms with Crippen LogP contribution in [-0.4, -0.2) is 64.5 Å². The average Bonchev–Trinajstić information content (AvgIpc) is 2.93. The molecule has 3 aromatic heterocycles. The minimum atomic E-state index is -0.199. The molecule has 1 fully saturated rings. The third kappa shape index (κ3) is 6.30. The molecule has 9 heteroatoms. The van der Waals surface area contributed by atoms with Crippen molar-refractivity contribution in [1.29, 1.82) is 0 Å². The summed E-state index contributed by atoms with van der Waals surface area (Å²) >= 11 is 0. The molecule has 1 aliphatic rings. The maximum atomic E-state index is 12.3. The topological polar surface area (TPSA) is 99.2 Å². The third-order valence-corrected chi connectivity index (χ3v) is 6.35. The first-order chi connectivity index (χ1) is 18.5. The number of nitrogens with zero attached hydrogens (tertiary/aromatic N) is 6. The number of likely N-dealkylation sites (N-methyl/N-ethyl adjacent to an activating group) is 1. The molecule has 2 N–H and O–H groups in total. The predicted molar refractivity (Wildman–Crippen MR) is 153 cm³/mol. The molecule has 1 aliphatic heterocycles. The maximum absolute atomic E-state index is 12.3. The fourth-order valence-electron chi connectivity index (χ4n) is 4.43. The van der Waals surface area contributed by atoms with Crippen LogP contribution in [0.1, 0.15) is 19.3 Å². The van der Waals surface area contributed by atoms with Crippen LogP contribution in [-0.2, 0) is 4.79 Å². The highest BCUT2D eigenvalue weighted by atomic mass is 16.1. The Morgan fingerprint density at radius 3 is 2.55 bits per heavy atom. The van der Waals surface area contributed by atoms with Gasteiger partial charge in [0.15, 0.2) is 0 Å². The number of carbonyl (C=O) groups is 1.